The number of ether oxygens (including phenoxy) is 1. The van der Waals surface area contributed by atoms with E-state index in [9.17, 15) is 19.2 Å². The number of nitrogens with zero attached hydrogens (tertiary/aromatic N) is 3. The average Bonchev–Trinajstić information content (AvgIpc) is 3.59. The Morgan fingerprint density at radius 3 is 2.24 bits per heavy atom. The molecule has 2 aliphatic rings. The first-order valence-corrected chi connectivity index (χ1v) is 12.2. The lowest BCUT2D eigenvalue weighted by molar-refractivity contribution is -0.142. The summed E-state index contributed by atoms with van der Waals surface area (Å²) in [6, 6.07) is -1.75. The number of piperidine rings is 1. The van der Waals surface area contributed by atoms with Crippen LogP contribution in [0, 0.1) is 11.8 Å². The molecule has 0 aromatic carbocycles. The SMILES string of the molecule is COC(=O)C1CN1C(=O)/C(C)=C/[C@H](C(C)C)N(C)C(=O)C(NC(=O)[C@H]1CCCCN1C)C(C)C. The fraction of sp³-hybridized carbons (Fsp3) is 0.760. The van der Waals surface area contributed by atoms with Crippen LogP contribution in [0.4, 0.5) is 0 Å². The standard InChI is InChI=1S/C25H42N4O5/c1-15(2)19(13-17(5)23(31)29-14-20(29)25(33)34-8)28(7)24(32)21(16(3)4)26-22(30)18-11-9-10-12-27(18)6/h13,15-16,18-21H,9-12,14H2,1-8H3,(H,26,30)/b17-13+/t18-,19-,20?,21?,29?/m1/s1. The molecule has 2 heterocycles. The number of amides is 3. The summed E-state index contributed by atoms with van der Waals surface area (Å²) in [6.07, 6.45) is 4.66. The lowest BCUT2D eigenvalue weighted by Crippen LogP contribution is -2.57. The largest absolute Gasteiger partial charge is 0.467 e. The van der Waals surface area contributed by atoms with Crippen LogP contribution in [0.1, 0.15) is 53.9 Å². The molecule has 2 aliphatic heterocycles. The Morgan fingerprint density at radius 1 is 1.06 bits per heavy atom. The maximum atomic E-state index is 13.5. The predicted octanol–water partition coefficient (Wildman–Crippen LogP) is 1.42. The van der Waals surface area contributed by atoms with E-state index in [1.807, 2.05) is 39.6 Å². The minimum Gasteiger partial charge on any atom is -0.467 e. The van der Waals surface area contributed by atoms with E-state index in [0.717, 1.165) is 25.8 Å². The summed E-state index contributed by atoms with van der Waals surface area (Å²) in [7, 11) is 4.96. The van der Waals surface area contributed by atoms with Gasteiger partial charge in [-0.2, -0.15) is 0 Å². The van der Waals surface area contributed by atoms with Gasteiger partial charge in [0.2, 0.25) is 17.7 Å². The molecule has 0 aromatic rings. The third-order valence-electron chi connectivity index (χ3n) is 6.89. The summed E-state index contributed by atoms with van der Waals surface area (Å²) >= 11 is 0. The van der Waals surface area contributed by atoms with Crippen molar-refractivity contribution in [1.29, 1.82) is 0 Å². The van der Waals surface area contributed by atoms with E-state index in [4.69, 9.17) is 4.74 Å². The van der Waals surface area contributed by atoms with Gasteiger partial charge in [-0.05, 0) is 45.2 Å². The number of likely N-dealkylation sites (N-methyl/N-ethyl adjacent to an activating group) is 2. The quantitative estimate of drug-likeness (QED) is 0.306. The van der Waals surface area contributed by atoms with E-state index >= 15 is 0 Å². The van der Waals surface area contributed by atoms with Crippen molar-refractivity contribution in [3.05, 3.63) is 11.6 Å². The highest BCUT2D eigenvalue weighted by molar-refractivity contribution is 5.99. The Balaban J connectivity index is 2.14. The van der Waals surface area contributed by atoms with Crippen molar-refractivity contribution >= 4 is 23.7 Å². The van der Waals surface area contributed by atoms with Gasteiger partial charge in [-0.1, -0.05) is 40.2 Å². The molecule has 0 bridgehead atoms. The van der Waals surface area contributed by atoms with Crippen LogP contribution in [0.3, 0.4) is 0 Å². The first-order chi connectivity index (χ1) is 15.9. The lowest BCUT2D eigenvalue weighted by atomic mass is 9.96. The van der Waals surface area contributed by atoms with Crippen LogP contribution in [0.25, 0.3) is 0 Å². The summed E-state index contributed by atoms with van der Waals surface area (Å²) in [6.45, 7) is 10.7. The summed E-state index contributed by atoms with van der Waals surface area (Å²) in [5.41, 5.74) is 0.471. The molecule has 2 fully saturated rings. The summed E-state index contributed by atoms with van der Waals surface area (Å²) in [5.74, 6) is -1.01. The first kappa shape index (κ1) is 27.8. The molecule has 2 rings (SSSR count). The summed E-state index contributed by atoms with van der Waals surface area (Å²) < 4.78 is 4.71. The monoisotopic (exact) mass is 478 g/mol. The number of nitrogens with one attached hydrogen (secondary N) is 1. The zero-order valence-electron chi connectivity index (χ0n) is 22.0. The molecule has 0 aliphatic carbocycles. The van der Waals surface area contributed by atoms with Gasteiger partial charge in [-0.15, -0.1) is 0 Å². The molecule has 0 saturated carbocycles. The molecule has 1 N–H and O–H groups in total. The lowest BCUT2D eigenvalue weighted by Gasteiger charge is -2.36. The fourth-order valence-electron chi connectivity index (χ4n) is 4.54. The van der Waals surface area contributed by atoms with Gasteiger partial charge in [0.1, 0.15) is 12.1 Å². The van der Waals surface area contributed by atoms with Crippen molar-refractivity contribution < 1.29 is 23.9 Å². The number of methoxy groups -OCH3 is 1. The number of hydrogen-bond donors (Lipinski definition) is 1. The van der Waals surface area contributed by atoms with E-state index in [2.05, 4.69) is 5.32 Å². The molecule has 0 aromatic heterocycles. The highest BCUT2D eigenvalue weighted by atomic mass is 16.5. The molecule has 34 heavy (non-hydrogen) atoms. The highest BCUT2D eigenvalue weighted by Crippen LogP contribution is 2.24. The highest BCUT2D eigenvalue weighted by Gasteiger charge is 2.45. The molecule has 3 amide bonds. The molecule has 0 radical (unpaired) electrons. The Morgan fingerprint density at radius 2 is 1.71 bits per heavy atom. The Hall–Kier alpha value is -2.42. The predicted molar refractivity (Wildman–Crippen MR) is 130 cm³/mol. The van der Waals surface area contributed by atoms with E-state index in [0.29, 0.717) is 12.1 Å². The number of carbonyl (C=O) groups is 4. The van der Waals surface area contributed by atoms with Crippen LogP contribution in [0.2, 0.25) is 0 Å². The third-order valence-corrected chi connectivity index (χ3v) is 6.89. The van der Waals surface area contributed by atoms with Crippen LogP contribution in [-0.2, 0) is 23.9 Å². The summed E-state index contributed by atoms with van der Waals surface area (Å²) in [4.78, 5) is 56.1. The first-order valence-electron chi connectivity index (χ1n) is 12.2. The zero-order valence-corrected chi connectivity index (χ0v) is 22.0. The van der Waals surface area contributed by atoms with Gasteiger partial charge in [0.05, 0.1) is 25.7 Å². The topological polar surface area (TPSA) is 99.0 Å². The van der Waals surface area contributed by atoms with Crippen molar-refractivity contribution in [1.82, 2.24) is 20.0 Å². The molecule has 2 unspecified atom stereocenters. The average molecular weight is 479 g/mol. The van der Waals surface area contributed by atoms with Gasteiger partial charge in [-0.25, -0.2) is 4.79 Å². The van der Waals surface area contributed by atoms with Crippen LogP contribution in [-0.4, -0.2) is 96.9 Å². The number of likely N-dealkylation sites (tertiary alicyclic amines) is 1. The van der Waals surface area contributed by atoms with E-state index in [-0.39, 0.29) is 41.6 Å². The number of esters is 1. The second-order valence-electron chi connectivity index (χ2n) is 10.3. The molecule has 9 heteroatoms. The number of hydrogen-bond acceptors (Lipinski definition) is 6. The van der Waals surface area contributed by atoms with Crippen LogP contribution in [0.5, 0.6) is 0 Å². The van der Waals surface area contributed by atoms with Crippen LogP contribution >= 0.6 is 0 Å². The maximum Gasteiger partial charge on any atom is 0.330 e. The second kappa shape index (κ2) is 11.8. The molecular formula is C25H42N4O5. The van der Waals surface area contributed by atoms with Crippen molar-refractivity contribution in [2.75, 3.05) is 34.3 Å². The minimum absolute atomic E-state index is 0.0373. The smallest absolute Gasteiger partial charge is 0.330 e. The Bertz CT molecular complexity index is 809. The fourth-order valence-corrected chi connectivity index (χ4v) is 4.54. The van der Waals surface area contributed by atoms with E-state index in [1.165, 1.54) is 12.0 Å². The van der Waals surface area contributed by atoms with Gasteiger partial charge in [0.25, 0.3) is 0 Å². The molecule has 4 atom stereocenters. The van der Waals surface area contributed by atoms with Gasteiger partial charge in [0, 0.05) is 12.6 Å². The molecule has 0 spiro atoms. The van der Waals surface area contributed by atoms with Gasteiger partial charge >= 0.3 is 5.97 Å². The van der Waals surface area contributed by atoms with Gasteiger partial charge in [0.15, 0.2) is 0 Å². The third kappa shape index (κ3) is 6.58. The number of rotatable bonds is 9. The van der Waals surface area contributed by atoms with Gasteiger partial charge < -0.3 is 19.9 Å². The minimum atomic E-state index is -0.658. The van der Waals surface area contributed by atoms with Crippen LogP contribution in [0.15, 0.2) is 11.6 Å². The molecule has 2 saturated heterocycles. The second-order valence-corrected chi connectivity index (χ2v) is 10.3. The van der Waals surface area contributed by atoms with Crippen LogP contribution < -0.4 is 5.32 Å². The molecule has 9 nitrogen and oxygen atoms in total. The summed E-state index contributed by atoms with van der Waals surface area (Å²) in [5, 5.41) is 3.00. The van der Waals surface area contributed by atoms with Crippen molar-refractivity contribution in [3.63, 3.8) is 0 Å². The van der Waals surface area contributed by atoms with Crippen molar-refractivity contribution in [2.24, 2.45) is 11.8 Å². The van der Waals surface area contributed by atoms with Crippen molar-refractivity contribution in [3.8, 4) is 0 Å². The molecular weight excluding hydrogens is 436 g/mol. The van der Waals surface area contributed by atoms with E-state index in [1.54, 1.807) is 24.9 Å². The maximum absolute atomic E-state index is 13.5. The van der Waals surface area contributed by atoms with Crippen molar-refractivity contribution in [2.45, 2.75) is 78.0 Å². The van der Waals surface area contributed by atoms with Gasteiger partial charge in [-0.3, -0.25) is 19.3 Å². The Labute approximate surface area is 203 Å². The van der Waals surface area contributed by atoms with E-state index < -0.39 is 18.1 Å². The molecule has 192 valence electrons. The Kier molecular flexibility index (Phi) is 9.67. The zero-order chi connectivity index (χ0) is 25.7. The normalized spacial score (nSPS) is 22.9. The number of carbonyl (C=O) groups excluding carboxylic acids is 4.